The second-order valence-electron chi connectivity index (χ2n) is 8.96. The van der Waals surface area contributed by atoms with Gasteiger partial charge < -0.3 is 10.6 Å². The number of hydrogen-bond donors (Lipinski definition) is 1. The monoisotopic (exact) mass is 290 g/mol. The zero-order chi connectivity index (χ0) is 14.7. The normalized spacial score (nSPS) is 43.0. The van der Waals surface area contributed by atoms with Gasteiger partial charge in [-0.2, -0.15) is 0 Å². The SMILES string of the molecule is CCCC1(N)CN(C(=O)CC23CC4CC(CC(C4)C2)C3)C1. The van der Waals surface area contributed by atoms with E-state index in [1.807, 2.05) is 4.90 Å². The fourth-order valence-corrected chi connectivity index (χ4v) is 6.49. The number of amides is 1. The zero-order valence-electron chi connectivity index (χ0n) is 13.4. The fourth-order valence-electron chi connectivity index (χ4n) is 6.49. The van der Waals surface area contributed by atoms with Crippen molar-refractivity contribution >= 4 is 5.91 Å². The molecule has 5 aliphatic rings. The minimum atomic E-state index is -0.0775. The van der Waals surface area contributed by atoms with Crippen molar-refractivity contribution in [2.24, 2.45) is 28.9 Å². The van der Waals surface area contributed by atoms with Crippen LogP contribution in [0.4, 0.5) is 0 Å². The molecule has 4 aliphatic carbocycles. The summed E-state index contributed by atoms with van der Waals surface area (Å²) in [6.45, 7) is 3.77. The number of hydrogen-bond acceptors (Lipinski definition) is 2. The molecule has 3 nitrogen and oxygen atoms in total. The standard InChI is InChI=1S/C18H30N2O/c1-2-3-18(19)11-20(12-18)16(21)10-17-7-13-4-14(8-17)6-15(5-13)9-17/h13-15H,2-12,19H2,1H3. The topological polar surface area (TPSA) is 46.3 Å². The van der Waals surface area contributed by atoms with E-state index in [4.69, 9.17) is 5.73 Å². The summed E-state index contributed by atoms with van der Waals surface area (Å²) in [5.74, 6) is 3.21. The Morgan fingerprint density at radius 2 is 1.62 bits per heavy atom. The van der Waals surface area contributed by atoms with Gasteiger partial charge in [-0.25, -0.2) is 0 Å². The van der Waals surface area contributed by atoms with Gasteiger partial charge in [-0.15, -0.1) is 0 Å². The van der Waals surface area contributed by atoms with E-state index >= 15 is 0 Å². The molecule has 1 aliphatic heterocycles. The molecule has 1 amide bonds. The van der Waals surface area contributed by atoms with Gasteiger partial charge in [-0.1, -0.05) is 13.3 Å². The number of nitrogens with two attached hydrogens (primary N) is 1. The minimum absolute atomic E-state index is 0.0775. The molecule has 4 bridgehead atoms. The lowest BCUT2D eigenvalue weighted by atomic mass is 9.49. The van der Waals surface area contributed by atoms with E-state index in [0.29, 0.717) is 11.3 Å². The lowest BCUT2D eigenvalue weighted by Gasteiger charge is -2.57. The zero-order valence-corrected chi connectivity index (χ0v) is 13.4. The summed E-state index contributed by atoms with van der Waals surface area (Å²) in [6.07, 6.45) is 11.4. The van der Waals surface area contributed by atoms with Gasteiger partial charge in [0.05, 0.1) is 5.54 Å². The lowest BCUT2D eigenvalue weighted by Crippen LogP contribution is -2.68. The molecule has 21 heavy (non-hydrogen) atoms. The van der Waals surface area contributed by atoms with Crippen molar-refractivity contribution in [1.82, 2.24) is 4.90 Å². The first-order valence-electron chi connectivity index (χ1n) is 9.06. The summed E-state index contributed by atoms with van der Waals surface area (Å²) >= 11 is 0. The second kappa shape index (κ2) is 4.71. The molecule has 0 aromatic rings. The summed E-state index contributed by atoms with van der Waals surface area (Å²) in [7, 11) is 0. The van der Waals surface area contributed by atoms with Crippen molar-refractivity contribution in [2.75, 3.05) is 13.1 Å². The first-order chi connectivity index (χ1) is 9.99. The van der Waals surface area contributed by atoms with Crippen LogP contribution in [0.15, 0.2) is 0 Å². The number of carbonyl (C=O) groups excluding carboxylic acids is 1. The Kier molecular flexibility index (Phi) is 3.15. The van der Waals surface area contributed by atoms with E-state index in [9.17, 15) is 4.79 Å². The van der Waals surface area contributed by atoms with Crippen LogP contribution in [0.3, 0.4) is 0 Å². The molecule has 5 rings (SSSR count). The van der Waals surface area contributed by atoms with Gasteiger partial charge in [-0.3, -0.25) is 4.79 Å². The van der Waals surface area contributed by atoms with Crippen LogP contribution in [0.1, 0.15) is 64.7 Å². The molecule has 0 aromatic heterocycles. The number of carbonyl (C=O) groups is 1. The Hall–Kier alpha value is -0.570. The van der Waals surface area contributed by atoms with E-state index in [2.05, 4.69) is 6.92 Å². The van der Waals surface area contributed by atoms with E-state index in [1.165, 1.54) is 38.5 Å². The minimum Gasteiger partial charge on any atom is -0.339 e. The number of likely N-dealkylation sites (tertiary alicyclic amines) is 1. The average molecular weight is 290 g/mol. The molecule has 4 saturated carbocycles. The Labute approximate surface area is 128 Å². The van der Waals surface area contributed by atoms with Crippen LogP contribution >= 0.6 is 0 Å². The predicted molar refractivity (Wildman–Crippen MR) is 83.6 cm³/mol. The molecule has 2 N–H and O–H groups in total. The summed E-state index contributed by atoms with van der Waals surface area (Å²) < 4.78 is 0. The molecule has 0 unspecified atom stereocenters. The maximum atomic E-state index is 12.7. The third-order valence-electron chi connectivity index (χ3n) is 6.80. The lowest BCUT2D eigenvalue weighted by molar-refractivity contribution is -0.147. The van der Waals surface area contributed by atoms with Gasteiger partial charge in [0.1, 0.15) is 0 Å². The van der Waals surface area contributed by atoms with Crippen LogP contribution in [0, 0.1) is 23.2 Å². The molecule has 1 heterocycles. The molecule has 118 valence electrons. The number of rotatable bonds is 4. The third kappa shape index (κ3) is 2.42. The molecule has 0 atom stereocenters. The fraction of sp³-hybridized carbons (Fsp3) is 0.944. The van der Waals surface area contributed by atoms with E-state index in [0.717, 1.165) is 50.1 Å². The van der Waals surface area contributed by atoms with Crippen LogP contribution in [-0.4, -0.2) is 29.4 Å². The van der Waals surface area contributed by atoms with E-state index in [-0.39, 0.29) is 5.54 Å². The largest absolute Gasteiger partial charge is 0.339 e. The Bertz CT molecular complexity index is 403. The van der Waals surface area contributed by atoms with Gasteiger partial charge >= 0.3 is 0 Å². The highest BCUT2D eigenvalue weighted by molar-refractivity contribution is 5.78. The average Bonchev–Trinajstić information content (AvgIpc) is 2.33. The Morgan fingerprint density at radius 1 is 1.10 bits per heavy atom. The van der Waals surface area contributed by atoms with Crippen molar-refractivity contribution in [3.8, 4) is 0 Å². The smallest absolute Gasteiger partial charge is 0.223 e. The highest BCUT2D eigenvalue weighted by atomic mass is 16.2. The molecule has 0 aromatic carbocycles. The van der Waals surface area contributed by atoms with Crippen molar-refractivity contribution in [1.29, 1.82) is 0 Å². The maximum Gasteiger partial charge on any atom is 0.223 e. The molecule has 0 radical (unpaired) electrons. The van der Waals surface area contributed by atoms with E-state index < -0.39 is 0 Å². The molecule has 5 fully saturated rings. The molecule has 0 spiro atoms. The highest BCUT2D eigenvalue weighted by Crippen LogP contribution is 2.61. The molecule has 3 heteroatoms. The van der Waals surface area contributed by atoms with Crippen molar-refractivity contribution in [3.05, 3.63) is 0 Å². The summed E-state index contributed by atoms with van der Waals surface area (Å²) in [5.41, 5.74) is 6.61. The molecule has 1 saturated heterocycles. The summed E-state index contributed by atoms with van der Waals surface area (Å²) in [4.78, 5) is 14.7. The van der Waals surface area contributed by atoms with Gasteiger partial charge in [0.2, 0.25) is 5.91 Å². The Balaban J connectivity index is 1.37. The van der Waals surface area contributed by atoms with Gasteiger partial charge in [0.25, 0.3) is 0 Å². The highest BCUT2D eigenvalue weighted by Gasteiger charge is 2.52. The maximum absolute atomic E-state index is 12.7. The van der Waals surface area contributed by atoms with Crippen LogP contribution in [0.2, 0.25) is 0 Å². The second-order valence-corrected chi connectivity index (χ2v) is 8.96. The summed E-state index contributed by atoms with van der Waals surface area (Å²) in [6, 6.07) is 0. The molecular weight excluding hydrogens is 260 g/mol. The van der Waals surface area contributed by atoms with E-state index in [1.54, 1.807) is 0 Å². The van der Waals surface area contributed by atoms with Crippen molar-refractivity contribution < 1.29 is 4.79 Å². The van der Waals surface area contributed by atoms with Crippen molar-refractivity contribution in [2.45, 2.75) is 70.3 Å². The first-order valence-corrected chi connectivity index (χ1v) is 9.06. The molecular formula is C18H30N2O. The van der Waals surface area contributed by atoms with Crippen LogP contribution in [-0.2, 0) is 4.79 Å². The van der Waals surface area contributed by atoms with Crippen molar-refractivity contribution in [3.63, 3.8) is 0 Å². The van der Waals surface area contributed by atoms with Crippen LogP contribution in [0.25, 0.3) is 0 Å². The van der Waals surface area contributed by atoms with Gasteiger partial charge in [0.15, 0.2) is 0 Å². The van der Waals surface area contributed by atoms with Gasteiger partial charge in [-0.05, 0) is 68.1 Å². The van der Waals surface area contributed by atoms with Gasteiger partial charge in [0, 0.05) is 19.5 Å². The quantitative estimate of drug-likeness (QED) is 0.865. The van der Waals surface area contributed by atoms with Crippen LogP contribution < -0.4 is 5.73 Å². The third-order valence-corrected chi connectivity index (χ3v) is 6.80. The summed E-state index contributed by atoms with van der Waals surface area (Å²) in [5, 5.41) is 0. The number of nitrogens with zero attached hydrogens (tertiary/aromatic N) is 1. The predicted octanol–water partition coefficient (Wildman–Crippen LogP) is 2.93. The van der Waals surface area contributed by atoms with Crippen LogP contribution in [0.5, 0.6) is 0 Å². The Morgan fingerprint density at radius 3 is 2.10 bits per heavy atom. The first kappa shape index (κ1) is 14.0.